The van der Waals surface area contributed by atoms with Crippen LogP contribution in [0.3, 0.4) is 0 Å². The molecule has 174 valence electrons. The molecule has 2 aromatic heterocycles. The number of benzene rings is 4. The van der Waals surface area contributed by atoms with Gasteiger partial charge in [-0.2, -0.15) is 0 Å². The number of nitrogens with one attached hydrogen (secondary N) is 1. The highest BCUT2D eigenvalue weighted by atomic mass is 14.9. The molecule has 0 aliphatic carbocycles. The molecule has 0 aliphatic heterocycles. The van der Waals surface area contributed by atoms with E-state index >= 15 is 0 Å². The van der Waals surface area contributed by atoms with Gasteiger partial charge in [0.25, 0.3) is 0 Å². The second-order valence-corrected chi connectivity index (χ2v) is 9.21. The molecule has 6 rings (SSSR count). The molecule has 3 heteroatoms. The van der Waals surface area contributed by atoms with E-state index in [2.05, 4.69) is 118 Å². The Kier molecular flexibility index (Phi) is 6.22. The topological polar surface area (TPSA) is 28.8 Å². The van der Waals surface area contributed by atoms with E-state index in [4.69, 9.17) is 0 Å². The molecule has 0 saturated carbocycles. The van der Waals surface area contributed by atoms with Crippen molar-refractivity contribution in [2.24, 2.45) is 0 Å². The van der Waals surface area contributed by atoms with E-state index < -0.39 is 0 Å². The summed E-state index contributed by atoms with van der Waals surface area (Å²) in [6, 6.07) is 37.0. The number of hydrogen-bond acceptors (Lipinski definition) is 2. The maximum Gasteiger partial charge on any atom is 0.173 e. The Morgan fingerprint density at radius 2 is 1.17 bits per heavy atom. The zero-order valence-electron chi connectivity index (χ0n) is 20.1. The number of pyridine rings is 2. The highest BCUT2D eigenvalue weighted by Crippen LogP contribution is 2.28. The van der Waals surface area contributed by atoms with Crippen LogP contribution in [-0.4, -0.2) is 4.98 Å². The Morgan fingerprint density at radius 3 is 1.83 bits per heavy atom. The monoisotopic (exact) mass is 466 g/mol. The highest BCUT2D eigenvalue weighted by molar-refractivity contribution is 6.02. The van der Waals surface area contributed by atoms with E-state index in [9.17, 15) is 0 Å². The fourth-order valence-electron chi connectivity index (χ4n) is 4.90. The first kappa shape index (κ1) is 22.1. The molecule has 0 fully saturated rings. The van der Waals surface area contributed by atoms with Gasteiger partial charge in [-0.3, -0.25) is 4.98 Å². The van der Waals surface area contributed by atoms with Gasteiger partial charge in [0.15, 0.2) is 18.9 Å². The minimum absolute atomic E-state index is 0.837. The summed E-state index contributed by atoms with van der Waals surface area (Å²) < 4.78 is 2.21. The second-order valence-electron chi connectivity index (χ2n) is 9.21. The van der Waals surface area contributed by atoms with Crippen molar-refractivity contribution < 1.29 is 4.57 Å². The summed E-state index contributed by atoms with van der Waals surface area (Å²) in [4.78, 5) is 4.10. The largest absolute Gasteiger partial charge is 0.309 e. The Labute approximate surface area is 211 Å². The smallest absolute Gasteiger partial charge is 0.173 e. The van der Waals surface area contributed by atoms with E-state index in [0.717, 1.165) is 19.6 Å². The van der Waals surface area contributed by atoms with Gasteiger partial charge in [-0.1, -0.05) is 72.8 Å². The molecule has 0 spiro atoms. The van der Waals surface area contributed by atoms with Crippen LogP contribution < -0.4 is 9.88 Å². The average Bonchev–Trinajstić information content (AvgIpc) is 2.94. The SMILES string of the molecule is c1ccc2c(CNCc3ccc(C[n+]4ccc(-c5ccncc5)cc4)cc3)c3ccccc3cc2c1. The van der Waals surface area contributed by atoms with Crippen LogP contribution in [0.2, 0.25) is 0 Å². The molecule has 4 aromatic carbocycles. The fraction of sp³-hybridized carbons (Fsp3) is 0.0909. The molecule has 3 nitrogen and oxygen atoms in total. The molecule has 0 saturated heterocycles. The predicted octanol–water partition coefficient (Wildman–Crippen LogP) is 6.68. The second kappa shape index (κ2) is 10.1. The van der Waals surface area contributed by atoms with Crippen molar-refractivity contribution in [2.45, 2.75) is 19.6 Å². The first-order valence-corrected chi connectivity index (χ1v) is 12.4. The minimum Gasteiger partial charge on any atom is -0.309 e. The molecule has 0 radical (unpaired) electrons. The maximum atomic E-state index is 4.10. The van der Waals surface area contributed by atoms with Gasteiger partial charge in [-0.25, -0.2) is 4.57 Å². The molecule has 1 N–H and O–H groups in total. The van der Waals surface area contributed by atoms with E-state index in [1.165, 1.54) is 49.4 Å². The van der Waals surface area contributed by atoms with Crippen LogP contribution in [0.5, 0.6) is 0 Å². The summed E-state index contributed by atoms with van der Waals surface area (Å²) in [5, 5.41) is 8.92. The van der Waals surface area contributed by atoms with Crippen molar-refractivity contribution >= 4 is 21.5 Å². The molecule has 0 amide bonds. The van der Waals surface area contributed by atoms with Gasteiger partial charge in [0.05, 0.1) is 0 Å². The lowest BCUT2D eigenvalue weighted by Gasteiger charge is -2.13. The van der Waals surface area contributed by atoms with Crippen molar-refractivity contribution in [3.63, 3.8) is 0 Å². The van der Waals surface area contributed by atoms with Crippen molar-refractivity contribution in [3.05, 3.63) is 145 Å². The van der Waals surface area contributed by atoms with Crippen molar-refractivity contribution in [1.82, 2.24) is 10.3 Å². The molecular weight excluding hydrogens is 438 g/mol. The van der Waals surface area contributed by atoms with E-state index in [1.807, 2.05) is 24.5 Å². The lowest BCUT2D eigenvalue weighted by molar-refractivity contribution is -0.688. The van der Waals surface area contributed by atoms with Crippen LogP contribution in [0.1, 0.15) is 16.7 Å². The summed E-state index contributed by atoms with van der Waals surface area (Å²) >= 11 is 0. The number of fused-ring (bicyclic) bond motifs is 2. The fourth-order valence-corrected chi connectivity index (χ4v) is 4.90. The van der Waals surface area contributed by atoms with Crippen molar-refractivity contribution in [3.8, 4) is 11.1 Å². The number of hydrogen-bond donors (Lipinski definition) is 1. The van der Waals surface area contributed by atoms with Gasteiger partial charge >= 0.3 is 0 Å². The lowest BCUT2D eigenvalue weighted by atomic mass is 9.96. The van der Waals surface area contributed by atoms with Gasteiger partial charge in [-0.15, -0.1) is 0 Å². The third kappa shape index (κ3) is 4.74. The van der Waals surface area contributed by atoms with Crippen LogP contribution >= 0.6 is 0 Å². The van der Waals surface area contributed by atoms with E-state index in [1.54, 1.807) is 0 Å². The molecule has 36 heavy (non-hydrogen) atoms. The summed E-state index contributed by atoms with van der Waals surface area (Å²) in [5.74, 6) is 0. The van der Waals surface area contributed by atoms with Crippen molar-refractivity contribution in [2.75, 3.05) is 0 Å². The van der Waals surface area contributed by atoms with Gasteiger partial charge in [0.2, 0.25) is 0 Å². The predicted molar refractivity (Wildman–Crippen MR) is 147 cm³/mol. The molecule has 0 bridgehead atoms. The maximum absolute atomic E-state index is 4.10. The Hall–Kier alpha value is -4.34. The Bertz CT molecular complexity index is 1550. The molecular formula is C33H28N3+. The Morgan fingerprint density at radius 1 is 0.583 bits per heavy atom. The lowest BCUT2D eigenvalue weighted by Crippen LogP contribution is -2.33. The van der Waals surface area contributed by atoms with Crippen LogP contribution in [0.15, 0.2) is 128 Å². The summed E-state index contributed by atoms with van der Waals surface area (Å²) in [6.07, 6.45) is 7.94. The quantitative estimate of drug-likeness (QED) is 0.210. The molecule has 6 aromatic rings. The molecule has 0 aliphatic rings. The molecule has 2 heterocycles. The minimum atomic E-state index is 0.837. The molecule has 0 atom stereocenters. The van der Waals surface area contributed by atoms with Crippen LogP contribution in [-0.2, 0) is 19.6 Å². The van der Waals surface area contributed by atoms with Crippen LogP contribution in [0.25, 0.3) is 32.7 Å². The van der Waals surface area contributed by atoms with Gasteiger partial charge in [-0.05, 0) is 62.0 Å². The van der Waals surface area contributed by atoms with Crippen LogP contribution in [0, 0.1) is 0 Å². The summed E-state index contributed by atoms with van der Waals surface area (Å²) in [7, 11) is 0. The third-order valence-corrected chi connectivity index (χ3v) is 6.81. The summed E-state index contributed by atoms with van der Waals surface area (Å²) in [5.41, 5.74) is 6.34. The first-order chi connectivity index (χ1) is 17.8. The standard InChI is InChI=1S/C33H28N3/c1-3-7-31-29(5-1)21-30-6-2-4-8-32(30)33(31)23-35-22-25-9-11-26(12-10-25)24-36-19-15-28(16-20-36)27-13-17-34-18-14-27/h1-21,35H,22-24H2/q+1. The Balaban J connectivity index is 1.11. The van der Waals surface area contributed by atoms with E-state index in [0.29, 0.717) is 0 Å². The highest BCUT2D eigenvalue weighted by Gasteiger charge is 2.08. The third-order valence-electron chi connectivity index (χ3n) is 6.81. The zero-order chi connectivity index (χ0) is 24.2. The zero-order valence-corrected chi connectivity index (χ0v) is 20.1. The normalized spacial score (nSPS) is 11.2. The average molecular weight is 467 g/mol. The van der Waals surface area contributed by atoms with E-state index in [-0.39, 0.29) is 0 Å². The number of aromatic nitrogens is 2. The van der Waals surface area contributed by atoms with Gasteiger partial charge in [0, 0.05) is 43.2 Å². The van der Waals surface area contributed by atoms with Crippen LogP contribution in [0.4, 0.5) is 0 Å². The number of nitrogens with zero attached hydrogens (tertiary/aromatic N) is 2. The first-order valence-electron chi connectivity index (χ1n) is 12.4. The summed E-state index contributed by atoms with van der Waals surface area (Å²) in [6.45, 7) is 2.53. The number of rotatable bonds is 7. The van der Waals surface area contributed by atoms with Crippen molar-refractivity contribution in [1.29, 1.82) is 0 Å². The van der Waals surface area contributed by atoms with Gasteiger partial charge < -0.3 is 5.32 Å². The molecule has 0 unspecified atom stereocenters. The van der Waals surface area contributed by atoms with Gasteiger partial charge in [0.1, 0.15) is 0 Å².